The number of nitrogens with one attached hydrogen (secondary N) is 1. The van der Waals surface area contributed by atoms with Crippen molar-refractivity contribution in [3.05, 3.63) is 83.4 Å². The molecule has 0 radical (unpaired) electrons. The molecule has 0 amide bonds. The van der Waals surface area contributed by atoms with Crippen molar-refractivity contribution in [3.8, 4) is 17.2 Å². The van der Waals surface area contributed by atoms with E-state index in [0.29, 0.717) is 34.6 Å². The maximum Gasteiger partial charge on any atom is 0.174 e. The summed E-state index contributed by atoms with van der Waals surface area (Å²) in [5.41, 5.74) is 2.66. The van der Waals surface area contributed by atoms with Gasteiger partial charge in [0.1, 0.15) is 24.0 Å². The van der Waals surface area contributed by atoms with E-state index in [9.17, 15) is 8.78 Å². The molecule has 0 bridgehead atoms. The van der Waals surface area contributed by atoms with Crippen molar-refractivity contribution in [2.75, 3.05) is 32.7 Å². The third-order valence-electron chi connectivity index (χ3n) is 5.56. The lowest BCUT2D eigenvalue weighted by Crippen LogP contribution is -2.44. The van der Waals surface area contributed by atoms with Gasteiger partial charge in [0.2, 0.25) is 0 Å². The summed E-state index contributed by atoms with van der Waals surface area (Å²) in [4.78, 5) is 2.01. The second kappa shape index (κ2) is 10.0. The van der Waals surface area contributed by atoms with Gasteiger partial charge in [0.25, 0.3) is 0 Å². The Morgan fingerprint density at radius 1 is 1.00 bits per heavy atom. The van der Waals surface area contributed by atoms with Crippen LogP contribution in [0.1, 0.15) is 17.2 Å². The molecule has 3 aromatic rings. The van der Waals surface area contributed by atoms with Crippen LogP contribution in [0.3, 0.4) is 0 Å². The lowest BCUT2D eigenvalue weighted by atomic mass is 9.92. The Bertz CT molecular complexity index is 1140. The maximum absolute atomic E-state index is 13.7. The SMILES string of the molecule is COc1cc2c(cc1OC)[C@H](COc1ccc(F)cc1)N(C(=S)Nc1cccc(F)c1)CC2. The van der Waals surface area contributed by atoms with Gasteiger partial charge in [0, 0.05) is 12.2 Å². The fourth-order valence-corrected chi connectivity index (χ4v) is 4.25. The van der Waals surface area contributed by atoms with E-state index in [2.05, 4.69) is 5.32 Å². The van der Waals surface area contributed by atoms with Crippen molar-refractivity contribution in [2.24, 2.45) is 0 Å². The first-order valence-corrected chi connectivity index (χ1v) is 10.9. The van der Waals surface area contributed by atoms with E-state index >= 15 is 0 Å². The van der Waals surface area contributed by atoms with Gasteiger partial charge in [-0.25, -0.2) is 8.78 Å². The van der Waals surface area contributed by atoms with Crippen molar-refractivity contribution >= 4 is 23.0 Å². The highest BCUT2D eigenvalue weighted by atomic mass is 32.1. The van der Waals surface area contributed by atoms with Crippen molar-refractivity contribution in [2.45, 2.75) is 12.5 Å². The van der Waals surface area contributed by atoms with Crippen molar-refractivity contribution in [1.82, 2.24) is 4.90 Å². The van der Waals surface area contributed by atoms with Crippen LogP contribution in [0.5, 0.6) is 17.2 Å². The zero-order valence-corrected chi connectivity index (χ0v) is 19.1. The molecule has 1 aliphatic rings. The molecule has 0 aliphatic carbocycles. The molecular weight excluding hydrogens is 446 g/mol. The first-order valence-electron chi connectivity index (χ1n) is 10.4. The van der Waals surface area contributed by atoms with E-state index in [1.54, 1.807) is 38.5 Å². The van der Waals surface area contributed by atoms with E-state index in [-0.39, 0.29) is 24.3 Å². The number of ether oxygens (including phenoxy) is 3. The van der Waals surface area contributed by atoms with Gasteiger partial charge in [0.05, 0.1) is 20.3 Å². The van der Waals surface area contributed by atoms with Gasteiger partial charge in [-0.15, -0.1) is 0 Å². The fourth-order valence-electron chi connectivity index (χ4n) is 3.92. The summed E-state index contributed by atoms with van der Waals surface area (Å²) in [6, 6.07) is 15.7. The summed E-state index contributed by atoms with van der Waals surface area (Å²) in [5, 5.41) is 3.58. The molecule has 0 saturated carbocycles. The number of thiocarbonyl (C=S) groups is 1. The topological polar surface area (TPSA) is 43.0 Å². The highest BCUT2D eigenvalue weighted by molar-refractivity contribution is 7.80. The minimum atomic E-state index is -0.347. The Labute approximate surface area is 196 Å². The summed E-state index contributed by atoms with van der Waals surface area (Å²) in [6.45, 7) is 0.889. The number of methoxy groups -OCH3 is 2. The molecule has 0 spiro atoms. The highest BCUT2D eigenvalue weighted by Gasteiger charge is 2.31. The van der Waals surface area contributed by atoms with Crippen LogP contribution < -0.4 is 19.5 Å². The smallest absolute Gasteiger partial charge is 0.174 e. The molecule has 0 fully saturated rings. The number of benzene rings is 3. The largest absolute Gasteiger partial charge is 0.493 e. The molecule has 3 aromatic carbocycles. The minimum absolute atomic E-state index is 0.257. The van der Waals surface area contributed by atoms with Gasteiger partial charge < -0.3 is 24.4 Å². The van der Waals surface area contributed by atoms with E-state index in [4.69, 9.17) is 26.4 Å². The molecule has 172 valence electrons. The number of halogens is 2. The van der Waals surface area contributed by atoms with Crippen molar-refractivity contribution in [3.63, 3.8) is 0 Å². The summed E-state index contributed by atoms with van der Waals surface area (Å²) in [7, 11) is 3.19. The average Bonchev–Trinajstić information content (AvgIpc) is 2.82. The predicted molar refractivity (Wildman–Crippen MR) is 127 cm³/mol. The van der Waals surface area contributed by atoms with Crippen LogP contribution >= 0.6 is 12.2 Å². The van der Waals surface area contributed by atoms with Gasteiger partial charge in [-0.3, -0.25) is 0 Å². The van der Waals surface area contributed by atoms with Crippen LogP contribution in [0, 0.1) is 11.6 Å². The number of nitrogens with zero attached hydrogens (tertiary/aromatic N) is 1. The molecule has 0 unspecified atom stereocenters. The first-order chi connectivity index (χ1) is 16.0. The van der Waals surface area contributed by atoms with Crippen LogP contribution in [-0.2, 0) is 6.42 Å². The minimum Gasteiger partial charge on any atom is -0.493 e. The van der Waals surface area contributed by atoms with E-state index in [0.717, 1.165) is 17.5 Å². The second-order valence-corrected chi connectivity index (χ2v) is 7.96. The van der Waals surface area contributed by atoms with Gasteiger partial charge in [-0.1, -0.05) is 6.07 Å². The van der Waals surface area contributed by atoms with E-state index in [1.807, 2.05) is 17.0 Å². The zero-order chi connectivity index (χ0) is 23.4. The van der Waals surface area contributed by atoms with Crippen LogP contribution in [0.25, 0.3) is 0 Å². The van der Waals surface area contributed by atoms with E-state index in [1.165, 1.54) is 24.3 Å². The van der Waals surface area contributed by atoms with Crippen LogP contribution in [0.2, 0.25) is 0 Å². The fraction of sp³-hybridized carbons (Fsp3) is 0.240. The molecule has 1 aliphatic heterocycles. The summed E-state index contributed by atoms with van der Waals surface area (Å²) < 4.78 is 43.9. The van der Waals surface area contributed by atoms with Crippen molar-refractivity contribution < 1.29 is 23.0 Å². The number of hydrogen-bond donors (Lipinski definition) is 1. The Morgan fingerprint density at radius 3 is 2.42 bits per heavy atom. The van der Waals surface area contributed by atoms with Gasteiger partial charge >= 0.3 is 0 Å². The molecule has 33 heavy (non-hydrogen) atoms. The number of anilines is 1. The lowest BCUT2D eigenvalue weighted by molar-refractivity contribution is 0.190. The zero-order valence-electron chi connectivity index (χ0n) is 18.3. The second-order valence-electron chi connectivity index (χ2n) is 7.57. The predicted octanol–water partition coefficient (Wildman–Crippen LogP) is 5.36. The molecule has 1 atom stereocenters. The standard InChI is InChI=1S/C25H24F2N2O3S/c1-30-23-12-16-10-11-29(25(33)28-19-5-3-4-18(27)13-19)22(21(16)14-24(23)31-2)15-32-20-8-6-17(26)7-9-20/h3-9,12-14,22H,10-11,15H2,1-2H3,(H,28,33)/t22-/m0/s1. The Kier molecular flexibility index (Phi) is 6.93. The number of hydrogen-bond acceptors (Lipinski definition) is 4. The van der Waals surface area contributed by atoms with Crippen molar-refractivity contribution in [1.29, 1.82) is 0 Å². The summed E-state index contributed by atoms with van der Waals surface area (Å²) in [6.07, 6.45) is 0.730. The highest BCUT2D eigenvalue weighted by Crippen LogP contribution is 2.38. The molecule has 1 N–H and O–H groups in total. The third-order valence-corrected chi connectivity index (χ3v) is 5.90. The number of rotatable bonds is 6. The van der Waals surface area contributed by atoms with E-state index < -0.39 is 0 Å². The Morgan fingerprint density at radius 2 is 1.73 bits per heavy atom. The van der Waals surface area contributed by atoms with Crippen LogP contribution in [-0.4, -0.2) is 37.4 Å². The summed E-state index contributed by atoms with van der Waals surface area (Å²) >= 11 is 5.69. The normalized spacial score (nSPS) is 14.9. The van der Waals surface area contributed by atoms with Gasteiger partial charge in [-0.05, 0) is 84.4 Å². The summed E-state index contributed by atoms with van der Waals surface area (Å²) in [5.74, 6) is 1.13. The molecule has 0 aromatic heterocycles. The monoisotopic (exact) mass is 470 g/mol. The average molecular weight is 471 g/mol. The molecule has 4 rings (SSSR count). The van der Waals surface area contributed by atoms with Gasteiger partial charge in [-0.2, -0.15) is 0 Å². The molecule has 1 heterocycles. The Balaban J connectivity index is 1.64. The first kappa shape index (κ1) is 22.8. The molecule has 5 nitrogen and oxygen atoms in total. The maximum atomic E-state index is 13.7. The van der Waals surface area contributed by atoms with Gasteiger partial charge in [0.15, 0.2) is 16.6 Å². The Hall–Kier alpha value is -3.39. The third kappa shape index (κ3) is 5.17. The molecular formula is C25H24F2N2O3S. The molecule has 8 heteroatoms. The quantitative estimate of drug-likeness (QED) is 0.490. The van der Waals surface area contributed by atoms with Crippen LogP contribution in [0.4, 0.5) is 14.5 Å². The van der Waals surface area contributed by atoms with Crippen LogP contribution in [0.15, 0.2) is 60.7 Å². The lowest BCUT2D eigenvalue weighted by Gasteiger charge is -2.39. The molecule has 0 saturated heterocycles. The number of fused-ring (bicyclic) bond motifs is 1.